The standard InChI is InChI=1S/C60H63BN2/c1-38-31-54-56-55(32-38)63(51-27-24-43(57(3,4)5)34-45(51)41-21-17-14-18-22-41)52-28-25-44(58(6,7)8)35-48(52)61(56)49-36-46-47(60(11,12)30-29-59(46,9)10)37-53(49)62(54)50-26-23-42(33-39(50)2)40-19-15-13-16-20-40/h13-28,31-37H,29-30H2,1-12H3/i1D3. The van der Waals surface area contributed by atoms with Crippen LogP contribution in [0.15, 0.2) is 140 Å². The molecule has 63 heavy (non-hydrogen) atoms. The third-order valence-corrected chi connectivity index (χ3v) is 14.6. The highest BCUT2D eigenvalue weighted by atomic mass is 15.2. The highest BCUT2D eigenvalue weighted by molar-refractivity contribution is 7.00. The lowest BCUT2D eigenvalue weighted by Crippen LogP contribution is -2.62. The molecule has 0 bridgehead atoms. The zero-order chi connectivity index (χ0) is 46.9. The second-order valence-electron chi connectivity index (χ2n) is 22.0. The van der Waals surface area contributed by atoms with Gasteiger partial charge in [0.1, 0.15) is 0 Å². The van der Waals surface area contributed by atoms with Crippen LogP contribution < -0.4 is 26.2 Å². The molecule has 0 aromatic heterocycles. The zero-order valence-corrected chi connectivity index (χ0v) is 39.2. The average Bonchev–Trinajstić information content (AvgIpc) is 3.27. The quantitative estimate of drug-likeness (QED) is 0.163. The number of hydrogen-bond acceptors (Lipinski definition) is 2. The number of benzene rings is 7. The summed E-state index contributed by atoms with van der Waals surface area (Å²) in [6, 6.07) is 51.1. The van der Waals surface area contributed by atoms with E-state index in [2.05, 4.69) is 213 Å². The third kappa shape index (κ3) is 6.77. The molecule has 3 heteroatoms. The molecular formula is C60H63BN2. The summed E-state index contributed by atoms with van der Waals surface area (Å²) in [5.41, 5.74) is 20.8. The predicted molar refractivity (Wildman–Crippen MR) is 273 cm³/mol. The Labute approximate surface area is 382 Å². The maximum absolute atomic E-state index is 9.11. The minimum absolute atomic E-state index is 0.0254. The van der Waals surface area contributed by atoms with E-state index in [1.807, 2.05) is 12.1 Å². The van der Waals surface area contributed by atoms with Crippen molar-refractivity contribution in [2.24, 2.45) is 0 Å². The van der Waals surface area contributed by atoms with Crippen LogP contribution in [0.3, 0.4) is 0 Å². The van der Waals surface area contributed by atoms with Crippen LogP contribution in [0.2, 0.25) is 0 Å². The van der Waals surface area contributed by atoms with Crippen LogP contribution in [0.5, 0.6) is 0 Å². The Bertz CT molecular complexity index is 3060. The number of nitrogens with zero attached hydrogens (tertiary/aromatic N) is 2. The zero-order valence-electron chi connectivity index (χ0n) is 42.2. The van der Waals surface area contributed by atoms with E-state index in [0.717, 1.165) is 74.7 Å². The second-order valence-corrected chi connectivity index (χ2v) is 22.0. The molecule has 1 aliphatic carbocycles. The lowest BCUT2D eigenvalue weighted by atomic mass is 9.33. The maximum Gasteiger partial charge on any atom is 0.252 e. The van der Waals surface area contributed by atoms with Crippen molar-refractivity contribution in [2.45, 2.75) is 118 Å². The minimum Gasteiger partial charge on any atom is -0.311 e. The molecule has 2 heterocycles. The van der Waals surface area contributed by atoms with Crippen molar-refractivity contribution in [3.63, 3.8) is 0 Å². The van der Waals surface area contributed by atoms with Gasteiger partial charge in [0.2, 0.25) is 0 Å². The Hall–Kier alpha value is -5.80. The Balaban J connectivity index is 1.36. The van der Waals surface area contributed by atoms with Crippen LogP contribution in [0, 0.1) is 13.8 Å². The topological polar surface area (TPSA) is 6.48 Å². The van der Waals surface area contributed by atoms with Crippen LogP contribution in [0.1, 0.15) is 120 Å². The van der Waals surface area contributed by atoms with Crippen LogP contribution in [0.4, 0.5) is 34.1 Å². The van der Waals surface area contributed by atoms with Gasteiger partial charge in [-0.1, -0.05) is 160 Å². The number of anilines is 6. The molecule has 7 aromatic carbocycles. The van der Waals surface area contributed by atoms with Crippen molar-refractivity contribution in [3.8, 4) is 22.3 Å². The van der Waals surface area contributed by atoms with Crippen molar-refractivity contribution in [3.05, 3.63) is 173 Å². The SMILES string of the molecule is [2H]C([2H])([2H])c1cc2c3c(c1)N(c1ccc(C(C)(C)C)cc1-c1ccccc1)c1ccc(C(C)(C)C)cc1B3c1cc3c(cc1N2c1ccc(-c2ccccc2)cc1C)C(C)(C)CCC3(C)C. The van der Waals surface area contributed by atoms with E-state index in [1.54, 1.807) is 0 Å². The molecule has 0 fully saturated rings. The summed E-state index contributed by atoms with van der Waals surface area (Å²) in [6.45, 7) is 23.0. The first kappa shape index (κ1) is 37.7. The summed E-state index contributed by atoms with van der Waals surface area (Å²) in [5.74, 6) is 0. The molecule has 7 aromatic rings. The van der Waals surface area contributed by atoms with Gasteiger partial charge in [-0.15, -0.1) is 0 Å². The van der Waals surface area contributed by atoms with Crippen molar-refractivity contribution in [1.82, 2.24) is 0 Å². The molecule has 0 saturated heterocycles. The average molecular weight is 826 g/mol. The lowest BCUT2D eigenvalue weighted by Gasteiger charge is -2.48. The molecule has 0 radical (unpaired) electrons. The first-order valence-corrected chi connectivity index (χ1v) is 23.0. The number of aryl methyl sites for hydroxylation is 2. The van der Waals surface area contributed by atoms with Crippen molar-refractivity contribution in [2.75, 3.05) is 9.80 Å². The largest absolute Gasteiger partial charge is 0.311 e. The molecule has 0 atom stereocenters. The second kappa shape index (κ2) is 14.4. The maximum atomic E-state index is 9.11. The van der Waals surface area contributed by atoms with Gasteiger partial charge in [0.05, 0.1) is 5.69 Å². The molecule has 10 rings (SSSR count). The highest BCUT2D eigenvalue weighted by Gasteiger charge is 2.47. The van der Waals surface area contributed by atoms with Crippen molar-refractivity contribution in [1.29, 1.82) is 0 Å². The normalized spacial score (nSPS) is 16.9. The summed E-state index contributed by atoms with van der Waals surface area (Å²) in [6.07, 6.45) is 2.20. The Morgan fingerprint density at radius 1 is 0.492 bits per heavy atom. The Morgan fingerprint density at radius 2 is 1.02 bits per heavy atom. The van der Waals surface area contributed by atoms with E-state index >= 15 is 0 Å². The van der Waals surface area contributed by atoms with Gasteiger partial charge in [0, 0.05) is 38.1 Å². The van der Waals surface area contributed by atoms with Crippen LogP contribution in [-0.2, 0) is 21.7 Å². The Morgan fingerprint density at radius 3 is 1.60 bits per heavy atom. The fourth-order valence-corrected chi connectivity index (χ4v) is 10.8. The molecule has 0 unspecified atom stereocenters. The lowest BCUT2D eigenvalue weighted by molar-refractivity contribution is 0.332. The van der Waals surface area contributed by atoms with Crippen molar-refractivity contribution >= 4 is 57.2 Å². The summed E-state index contributed by atoms with van der Waals surface area (Å²) in [7, 11) is 0. The van der Waals surface area contributed by atoms with Gasteiger partial charge in [0.15, 0.2) is 0 Å². The van der Waals surface area contributed by atoms with Gasteiger partial charge >= 0.3 is 0 Å². The van der Waals surface area contributed by atoms with E-state index in [-0.39, 0.29) is 28.4 Å². The molecule has 0 N–H and O–H groups in total. The number of rotatable bonds is 4. The smallest absolute Gasteiger partial charge is 0.252 e. The molecule has 2 nitrogen and oxygen atoms in total. The Kier molecular flexibility index (Phi) is 8.60. The number of fused-ring (bicyclic) bond motifs is 5. The first-order chi connectivity index (χ1) is 31.0. The van der Waals surface area contributed by atoms with Gasteiger partial charge < -0.3 is 9.80 Å². The molecular weight excluding hydrogens is 759 g/mol. The van der Waals surface area contributed by atoms with Crippen LogP contribution in [0.25, 0.3) is 22.3 Å². The van der Waals surface area contributed by atoms with E-state index in [1.165, 1.54) is 38.7 Å². The molecule has 0 amide bonds. The summed E-state index contributed by atoms with van der Waals surface area (Å²) >= 11 is 0. The molecule has 316 valence electrons. The predicted octanol–water partition coefficient (Wildman–Crippen LogP) is 14.7. The van der Waals surface area contributed by atoms with E-state index in [9.17, 15) is 0 Å². The summed E-state index contributed by atoms with van der Waals surface area (Å²) in [5, 5.41) is 0. The fraction of sp³-hybridized carbons (Fsp3) is 0.300. The van der Waals surface area contributed by atoms with Gasteiger partial charge in [-0.2, -0.15) is 0 Å². The molecule has 0 spiro atoms. The van der Waals surface area contributed by atoms with Crippen LogP contribution >= 0.6 is 0 Å². The first-order valence-electron chi connectivity index (χ1n) is 24.5. The highest BCUT2D eigenvalue weighted by Crippen LogP contribution is 2.52. The van der Waals surface area contributed by atoms with Crippen LogP contribution in [-0.4, -0.2) is 6.71 Å². The van der Waals surface area contributed by atoms with E-state index in [4.69, 9.17) is 4.11 Å². The summed E-state index contributed by atoms with van der Waals surface area (Å²) < 4.78 is 27.3. The minimum atomic E-state index is -2.37. The summed E-state index contributed by atoms with van der Waals surface area (Å²) in [4.78, 5) is 4.83. The molecule has 3 aliphatic rings. The molecule has 2 aliphatic heterocycles. The van der Waals surface area contributed by atoms with E-state index in [0.29, 0.717) is 5.56 Å². The van der Waals surface area contributed by atoms with E-state index < -0.39 is 6.85 Å². The van der Waals surface area contributed by atoms with Gasteiger partial charge in [-0.3, -0.25) is 0 Å². The van der Waals surface area contributed by atoms with Crippen molar-refractivity contribution < 1.29 is 4.11 Å². The molecule has 0 saturated carbocycles. The van der Waals surface area contributed by atoms with Gasteiger partial charge in [-0.05, 0) is 163 Å². The third-order valence-electron chi connectivity index (χ3n) is 14.6. The monoisotopic (exact) mass is 826 g/mol. The fourth-order valence-electron chi connectivity index (χ4n) is 10.8. The number of hydrogen-bond donors (Lipinski definition) is 0. The van der Waals surface area contributed by atoms with Gasteiger partial charge in [-0.25, -0.2) is 0 Å². The van der Waals surface area contributed by atoms with Gasteiger partial charge in [0.25, 0.3) is 6.71 Å².